The summed E-state index contributed by atoms with van der Waals surface area (Å²) in [5.41, 5.74) is 2.29. The summed E-state index contributed by atoms with van der Waals surface area (Å²) >= 11 is 0. The number of ether oxygens (including phenoxy) is 1. The van der Waals surface area contributed by atoms with Crippen molar-refractivity contribution in [3.8, 4) is 0 Å². The molecule has 0 aliphatic carbocycles. The first-order valence-electron chi connectivity index (χ1n) is 6.84. The minimum absolute atomic E-state index is 0.264. The first-order valence-corrected chi connectivity index (χ1v) is 6.84. The summed E-state index contributed by atoms with van der Waals surface area (Å²) in [4.78, 5) is 15.9. The van der Waals surface area contributed by atoms with E-state index in [2.05, 4.69) is 4.98 Å². The van der Waals surface area contributed by atoms with Gasteiger partial charge in [-0.05, 0) is 42.7 Å². The van der Waals surface area contributed by atoms with Crippen molar-refractivity contribution in [2.75, 3.05) is 6.61 Å². The summed E-state index contributed by atoms with van der Waals surface area (Å²) in [5, 5.41) is 1.68. The van der Waals surface area contributed by atoms with Crippen LogP contribution in [0.15, 0.2) is 53.4 Å². The van der Waals surface area contributed by atoms with E-state index in [0.717, 1.165) is 28.3 Å². The fourth-order valence-corrected chi connectivity index (χ4v) is 2.31. The van der Waals surface area contributed by atoms with E-state index in [1.807, 2.05) is 36.5 Å². The van der Waals surface area contributed by atoms with Gasteiger partial charge in [0, 0.05) is 23.2 Å². The van der Waals surface area contributed by atoms with Crippen molar-refractivity contribution in [3.63, 3.8) is 0 Å². The van der Waals surface area contributed by atoms with Crippen LogP contribution in [0, 0.1) is 0 Å². The van der Waals surface area contributed by atoms with Gasteiger partial charge in [-0.15, -0.1) is 0 Å². The fraction of sp³-hybridized carbons (Fsp3) is 0.176. The number of pyridine rings is 1. The zero-order valence-corrected chi connectivity index (χ0v) is 11.7. The summed E-state index contributed by atoms with van der Waals surface area (Å²) < 4.78 is 10.3. The number of nitrogens with zero attached hydrogens (tertiary/aromatic N) is 1. The number of esters is 1. The van der Waals surface area contributed by atoms with Crippen LogP contribution in [0.25, 0.3) is 10.8 Å². The van der Waals surface area contributed by atoms with E-state index in [0.29, 0.717) is 6.61 Å². The Labute approximate surface area is 122 Å². The average molecular weight is 281 g/mol. The first kappa shape index (κ1) is 13.4. The Hall–Kier alpha value is -2.62. The molecule has 3 aromatic rings. The normalized spacial score (nSPS) is 10.7. The highest BCUT2D eigenvalue weighted by atomic mass is 16.5. The van der Waals surface area contributed by atoms with E-state index in [1.54, 1.807) is 19.4 Å². The average Bonchev–Trinajstić information content (AvgIpc) is 2.92. The molecule has 3 rings (SSSR count). The number of hydrogen-bond donors (Lipinski definition) is 0. The number of benzene rings is 1. The lowest BCUT2D eigenvalue weighted by atomic mass is 10.0. The maximum absolute atomic E-state index is 11.8. The largest absolute Gasteiger partial charge is 0.460 e. The molecule has 2 heterocycles. The van der Waals surface area contributed by atoms with Crippen molar-refractivity contribution in [2.24, 2.45) is 0 Å². The van der Waals surface area contributed by atoms with Crippen LogP contribution in [0.5, 0.6) is 0 Å². The molecule has 0 radical (unpaired) electrons. The van der Waals surface area contributed by atoms with E-state index in [4.69, 9.17) is 9.15 Å². The predicted molar refractivity (Wildman–Crippen MR) is 79.2 cm³/mol. The van der Waals surface area contributed by atoms with Crippen LogP contribution in [0.1, 0.15) is 28.6 Å². The molecule has 4 heteroatoms. The number of carbonyl (C=O) groups excluding carboxylic acids is 1. The van der Waals surface area contributed by atoms with Gasteiger partial charge in [-0.3, -0.25) is 4.98 Å². The molecule has 0 atom stereocenters. The van der Waals surface area contributed by atoms with Crippen LogP contribution in [0.3, 0.4) is 0 Å². The molecule has 0 bridgehead atoms. The molecule has 4 nitrogen and oxygen atoms in total. The number of rotatable bonds is 4. The summed E-state index contributed by atoms with van der Waals surface area (Å²) in [6, 6.07) is 9.88. The van der Waals surface area contributed by atoms with Gasteiger partial charge in [-0.25, -0.2) is 4.79 Å². The zero-order chi connectivity index (χ0) is 14.7. The van der Waals surface area contributed by atoms with Crippen molar-refractivity contribution >= 4 is 16.7 Å². The topological polar surface area (TPSA) is 52.3 Å². The Balaban J connectivity index is 1.90. The van der Waals surface area contributed by atoms with Crippen LogP contribution >= 0.6 is 0 Å². The van der Waals surface area contributed by atoms with Gasteiger partial charge in [0.1, 0.15) is 0 Å². The van der Waals surface area contributed by atoms with Crippen molar-refractivity contribution < 1.29 is 13.9 Å². The molecule has 2 aromatic heterocycles. The Morgan fingerprint density at radius 3 is 2.95 bits per heavy atom. The Morgan fingerprint density at radius 2 is 2.19 bits per heavy atom. The minimum Gasteiger partial charge on any atom is -0.460 e. The standard InChI is InChI=1S/C17H15NO3/c1-2-20-17(19)16-15-6-5-12(9-14(15)11-21-16)8-13-4-3-7-18-10-13/h3-7,9-11H,2,8H2,1H3. The third kappa shape index (κ3) is 2.79. The Morgan fingerprint density at radius 1 is 1.29 bits per heavy atom. The van der Waals surface area contributed by atoms with Gasteiger partial charge in [-0.1, -0.05) is 12.1 Å². The third-order valence-electron chi connectivity index (χ3n) is 3.26. The van der Waals surface area contributed by atoms with Crippen LogP contribution in [-0.2, 0) is 11.2 Å². The number of hydrogen-bond acceptors (Lipinski definition) is 4. The molecule has 0 spiro atoms. The zero-order valence-electron chi connectivity index (χ0n) is 11.7. The number of carbonyl (C=O) groups is 1. The highest BCUT2D eigenvalue weighted by Crippen LogP contribution is 2.24. The van der Waals surface area contributed by atoms with E-state index >= 15 is 0 Å². The molecule has 21 heavy (non-hydrogen) atoms. The molecule has 0 fully saturated rings. The van der Waals surface area contributed by atoms with Gasteiger partial charge < -0.3 is 9.15 Å². The fourth-order valence-electron chi connectivity index (χ4n) is 2.31. The first-order chi connectivity index (χ1) is 10.3. The van der Waals surface area contributed by atoms with Crippen molar-refractivity contribution in [3.05, 3.63) is 65.9 Å². The molecule has 0 saturated carbocycles. The SMILES string of the molecule is CCOC(=O)c1occ2cc(Cc3cccnc3)ccc12. The van der Waals surface area contributed by atoms with Gasteiger partial charge in [0.25, 0.3) is 0 Å². The quantitative estimate of drug-likeness (QED) is 0.686. The summed E-state index contributed by atoms with van der Waals surface area (Å²) in [6.45, 7) is 2.11. The summed E-state index contributed by atoms with van der Waals surface area (Å²) in [6.07, 6.45) is 6.00. The van der Waals surface area contributed by atoms with Gasteiger partial charge in [-0.2, -0.15) is 0 Å². The number of fused-ring (bicyclic) bond motifs is 1. The number of furan rings is 1. The van der Waals surface area contributed by atoms with E-state index in [1.165, 1.54) is 0 Å². The maximum Gasteiger partial charge on any atom is 0.374 e. The van der Waals surface area contributed by atoms with E-state index in [9.17, 15) is 4.79 Å². The molecule has 0 aliphatic rings. The van der Waals surface area contributed by atoms with Gasteiger partial charge in [0.05, 0.1) is 12.9 Å². The summed E-state index contributed by atoms with van der Waals surface area (Å²) in [7, 11) is 0. The van der Waals surface area contributed by atoms with Gasteiger partial charge in [0.15, 0.2) is 0 Å². The van der Waals surface area contributed by atoms with Gasteiger partial charge in [0.2, 0.25) is 5.76 Å². The lowest BCUT2D eigenvalue weighted by Crippen LogP contribution is -2.03. The van der Waals surface area contributed by atoms with Crippen LogP contribution in [0.4, 0.5) is 0 Å². The predicted octanol–water partition coefficient (Wildman–Crippen LogP) is 3.60. The third-order valence-corrected chi connectivity index (χ3v) is 3.26. The Bertz CT molecular complexity index is 762. The Kier molecular flexibility index (Phi) is 3.69. The van der Waals surface area contributed by atoms with Crippen molar-refractivity contribution in [2.45, 2.75) is 13.3 Å². The molecule has 0 amide bonds. The number of aromatic nitrogens is 1. The molecule has 0 aliphatic heterocycles. The summed E-state index contributed by atoms with van der Waals surface area (Å²) in [5.74, 6) is -0.160. The molecule has 1 aromatic carbocycles. The van der Waals surface area contributed by atoms with Gasteiger partial charge >= 0.3 is 5.97 Å². The highest BCUT2D eigenvalue weighted by Gasteiger charge is 2.15. The van der Waals surface area contributed by atoms with E-state index < -0.39 is 5.97 Å². The second kappa shape index (κ2) is 5.79. The van der Waals surface area contributed by atoms with Crippen LogP contribution < -0.4 is 0 Å². The molecule has 106 valence electrons. The van der Waals surface area contributed by atoms with Crippen LogP contribution in [-0.4, -0.2) is 17.6 Å². The monoisotopic (exact) mass is 281 g/mol. The lowest BCUT2D eigenvalue weighted by Gasteiger charge is -2.02. The van der Waals surface area contributed by atoms with Crippen molar-refractivity contribution in [1.82, 2.24) is 4.98 Å². The molecule has 0 unspecified atom stereocenters. The lowest BCUT2D eigenvalue weighted by molar-refractivity contribution is 0.0493. The smallest absolute Gasteiger partial charge is 0.374 e. The second-order valence-electron chi connectivity index (χ2n) is 4.74. The van der Waals surface area contributed by atoms with Crippen molar-refractivity contribution in [1.29, 1.82) is 0 Å². The second-order valence-corrected chi connectivity index (χ2v) is 4.74. The molecular weight excluding hydrogens is 266 g/mol. The molecular formula is C17H15NO3. The molecule has 0 N–H and O–H groups in total. The van der Waals surface area contributed by atoms with E-state index in [-0.39, 0.29) is 5.76 Å². The molecule has 0 saturated heterocycles. The highest BCUT2D eigenvalue weighted by molar-refractivity contribution is 6.02. The maximum atomic E-state index is 11.8. The minimum atomic E-state index is -0.424. The van der Waals surface area contributed by atoms with Crippen LogP contribution in [0.2, 0.25) is 0 Å².